The highest BCUT2D eigenvalue weighted by Gasteiger charge is 2.21. The number of hydrogen-bond acceptors (Lipinski definition) is 5. The number of hydrogen-bond donors (Lipinski definition) is 2. The number of nitrogens with one attached hydrogen (secondary N) is 1. The van der Waals surface area contributed by atoms with Gasteiger partial charge in [0.1, 0.15) is 12.2 Å². The normalized spacial score (nSPS) is 13.6. The molecule has 19 heavy (non-hydrogen) atoms. The van der Waals surface area contributed by atoms with Gasteiger partial charge in [-0.05, 0) is 13.2 Å². The maximum Gasteiger partial charge on any atom is 0.292 e. The van der Waals surface area contributed by atoms with Crippen LogP contribution in [0.2, 0.25) is 5.02 Å². The van der Waals surface area contributed by atoms with Crippen LogP contribution in [0.5, 0.6) is 0 Å². The quantitative estimate of drug-likeness (QED) is 0.769. The van der Waals surface area contributed by atoms with Crippen molar-refractivity contribution in [2.45, 2.75) is 19.1 Å². The molecule has 1 rings (SSSR count). The molecular weight excluding hydrogens is 286 g/mol. The van der Waals surface area contributed by atoms with Crippen LogP contribution in [0, 0.1) is 12.3 Å². The smallest absolute Gasteiger partial charge is 0.292 e. The van der Waals surface area contributed by atoms with E-state index in [1.165, 1.54) is 18.0 Å². The SMILES string of the molecule is C#CCn1ncc(Cl)c(NCC(C)(O)CSC)c1=O. The highest BCUT2D eigenvalue weighted by atomic mass is 35.5. The summed E-state index contributed by atoms with van der Waals surface area (Å²) in [5.41, 5.74) is -1.13. The molecule has 0 bridgehead atoms. The Morgan fingerprint density at radius 2 is 2.42 bits per heavy atom. The van der Waals surface area contributed by atoms with Crippen LogP contribution in [0.3, 0.4) is 0 Å². The number of halogens is 1. The Labute approximate surface area is 121 Å². The molecule has 1 aromatic heterocycles. The lowest BCUT2D eigenvalue weighted by molar-refractivity contribution is 0.0997. The van der Waals surface area contributed by atoms with E-state index in [0.29, 0.717) is 5.75 Å². The standard InChI is InChI=1S/C12H16ClN3O2S/c1-4-5-16-11(17)10(9(13)6-15-16)14-7-12(2,18)8-19-3/h1,6,14,18H,5,7-8H2,2-3H3. The summed E-state index contributed by atoms with van der Waals surface area (Å²) >= 11 is 7.45. The minimum Gasteiger partial charge on any atom is -0.387 e. The zero-order valence-electron chi connectivity index (χ0n) is 10.8. The zero-order valence-corrected chi connectivity index (χ0v) is 12.4. The van der Waals surface area contributed by atoms with Crippen LogP contribution < -0.4 is 10.9 Å². The van der Waals surface area contributed by atoms with E-state index in [2.05, 4.69) is 16.3 Å². The minimum atomic E-state index is -0.935. The maximum absolute atomic E-state index is 12.0. The fourth-order valence-corrected chi connectivity index (χ4v) is 2.38. The highest BCUT2D eigenvalue weighted by molar-refractivity contribution is 7.98. The number of rotatable bonds is 6. The van der Waals surface area contributed by atoms with Gasteiger partial charge in [-0.25, -0.2) is 4.68 Å². The molecule has 2 N–H and O–H groups in total. The lowest BCUT2D eigenvalue weighted by atomic mass is 10.1. The second-order valence-electron chi connectivity index (χ2n) is 4.32. The Morgan fingerprint density at radius 3 is 3.00 bits per heavy atom. The Bertz CT molecular complexity index is 537. The Balaban J connectivity index is 2.93. The summed E-state index contributed by atoms with van der Waals surface area (Å²) in [5.74, 6) is 2.88. The van der Waals surface area contributed by atoms with E-state index in [4.69, 9.17) is 18.0 Å². The van der Waals surface area contributed by atoms with Crippen LogP contribution in [0.25, 0.3) is 0 Å². The molecule has 0 amide bonds. The molecule has 104 valence electrons. The summed E-state index contributed by atoms with van der Waals surface area (Å²) < 4.78 is 1.14. The molecule has 0 aliphatic heterocycles. The largest absolute Gasteiger partial charge is 0.387 e. The van der Waals surface area contributed by atoms with Gasteiger partial charge in [-0.1, -0.05) is 17.5 Å². The average molecular weight is 302 g/mol. The van der Waals surface area contributed by atoms with Gasteiger partial charge in [0.2, 0.25) is 0 Å². The molecule has 0 aromatic carbocycles. The minimum absolute atomic E-state index is 0.0753. The first kappa shape index (κ1) is 15.9. The third-order valence-corrected chi connectivity index (χ3v) is 3.54. The van der Waals surface area contributed by atoms with E-state index in [1.807, 2.05) is 6.26 Å². The third kappa shape index (κ3) is 4.46. The Morgan fingerprint density at radius 1 is 1.74 bits per heavy atom. The number of aliphatic hydroxyl groups is 1. The van der Waals surface area contributed by atoms with Crippen LogP contribution in [0.15, 0.2) is 11.0 Å². The molecule has 1 atom stereocenters. The summed E-state index contributed by atoms with van der Waals surface area (Å²) in [5, 5.41) is 17.0. The van der Waals surface area contributed by atoms with E-state index < -0.39 is 11.2 Å². The fraction of sp³-hybridized carbons (Fsp3) is 0.500. The van der Waals surface area contributed by atoms with Crippen molar-refractivity contribution >= 4 is 29.1 Å². The molecule has 0 aliphatic rings. The van der Waals surface area contributed by atoms with Gasteiger partial charge < -0.3 is 10.4 Å². The number of nitrogens with zero attached hydrogens (tertiary/aromatic N) is 2. The summed E-state index contributed by atoms with van der Waals surface area (Å²) in [6.07, 6.45) is 8.40. The molecule has 1 heterocycles. The van der Waals surface area contributed by atoms with Gasteiger partial charge in [-0.2, -0.15) is 16.9 Å². The molecule has 0 spiro atoms. The summed E-state index contributed by atoms with van der Waals surface area (Å²) in [6, 6.07) is 0. The first-order chi connectivity index (χ1) is 8.91. The van der Waals surface area contributed by atoms with Crippen LogP contribution in [0.4, 0.5) is 5.69 Å². The molecule has 5 nitrogen and oxygen atoms in total. The van der Waals surface area contributed by atoms with Crippen LogP contribution in [-0.4, -0.2) is 39.0 Å². The van der Waals surface area contributed by atoms with Crippen molar-refractivity contribution in [3.63, 3.8) is 0 Å². The molecule has 7 heteroatoms. The van der Waals surface area contributed by atoms with Crippen molar-refractivity contribution in [3.8, 4) is 12.3 Å². The van der Waals surface area contributed by atoms with E-state index in [1.54, 1.807) is 6.92 Å². The second kappa shape index (κ2) is 6.85. The molecule has 0 radical (unpaired) electrons. The molecule has 0 aliphatic carbocycles. The first-order valence-corrected chi connectivity index (χ1v) is 7.33. The van der Waals surface area contributed by atoms with Crippen molar-refractivity contribution in [3.05, 3.63) is 21.6 Å². The van der Waals surface area contributed by atoms with Crippen LogP contribution in [0.1, 0.15) is 6.92 Å². The third-order valence-electron chi connectivity index (χ3n) is 2.34. The lowest BCUT2D eigenvalue weighted by Crippen LogP contribution is -2.38. The summed E-state index contributed by atoms with van der Waals surface area (Å²) in [4.78, 5) is 12.0. The van der Waals surface area contributed by atoms with Gasteiger partial charge >= 0.3 is 0 Å². The van der Waals surface area contributed by atoms with Crippen molar-refractivity contribution in [2.75, 3.05) is 23.9 Å². The highest BCUT2D eigenvalue weighted by Crippen LogP contribution is 2.17. The van der Waals surface area contributed by atoms with Crippen molar-refractivity contribution in [1.29, 1.82) is 0 Å². The number of thioether (sulfide) groups is 1. The van der Waals surface area contributed by atoms with E-state index in [0.717, 1.165) is 4.68 Å². The average Bonchev–Trinajstić information content (AvgIpc) is 2.32. The molecule has 1 aromatic rings. The molecular formula is C12H16ClN3O2S. The second-order valence-corrected chi connectivity index (χ2v) is 5.59. The Hall–Kier alpha value is -1.16. The van der Waals surface area contributed by atoms with E-state index in [-0.39, 0.29) is 23.8 Å². The van der Waals surface area contributed by atoms with Gasteiger partial charge in [-0.15, -0.1) is 6.42 Å². The lowest BCUT2D eigenvalue weighted by Gasteiger charge is -2.23. The fourth-order valence-electron chi connectivity index (χ4n) is 1.47. The summed E-state index contributed by atoms with van der Waals surface area (Å²) in [6.45, 7) is 1.97. The van der Waals surface area contributed by atoms with Gasteiger partial charge in [0.15, 0.2) is 0 Å². The van der Waals surface area contributed by atoms with Gasteiger partial charge in [-0.3, -0.25) is 4.79 Å². The van der Waals surface area contributed by atoms with E-state index in [9.17, 15) is 9.90 Å². The zero-order chi connectivity index (χ0) is 14.5. The van der Waals surface area contributed by atoms with Gasteiger partial charge in [0.05, 0.1) is 16.8 Å². The monoisotopic (exact) mass is 301 g/mol. The molecule has 1 unspecified atom stereocenters. The number of aromatic nitrogens is 2. The predicted molar refractivity (Wildman–Crippen MR) is 79.8 cm³/mol. The van der Waals surface area contributed by atoms with Gasteiger partial charge in [0, 0.05) is 12.3 Å². The summed E-state index contributed by atoms with van der Waals surface area (Å²) in [7, 11) is 0. The number of terminal acetylenes is 1. The Kier molecular flexibility index (Phi) is 5.73. The molecule has 0 saturated carbocycles. The van der Waals surface area contributed by atoms with Crippen molar-refractivity contribution in [2.24, 2.45) is 0 Å². The predicted octanol–water partition coefficient (Wildman–Crippen LogP) is 1.06. The molecule has 0 saturated heterocycles. The number of anilines is 1. The van der Waals surface area contributed by atoms with Crippen molar-refractivity contribution < 1.29 is 5.11 Å². The molecule has 0 fully saturated rings. The van der Waals surface area contributed by atoms with Crippen molar-refractivity contribution in [1.82, 2.24) is 9.78 Å². The first-order valence-electron chi connectivity index (χ1n) is 5.55. The maximum atomic E-state index is 12.0. The van der Waals surface area contributed by atoms with Crippen LogP contribution >= 0.6 is 23.4 Å². The topological polar surface area (TPSA) is 67.2 Å². The van der Waals surface area contributed by atoms with E-state index >= 15 is 0 Å². The van der Waals surface area contributed by atoms with Crippen LogP contribution in [-0.2, 0) is 6.54 Å². The van der Waals surface area contributed by atoms with Gasteiger partial charge in [0.25, 0.3) is 5.56 Å².